The maximum absolute atomic E-state index is 13.7. The fraction of sp³-hybridized carbons (Fsp3) is 0.111. The molecule has 0 bridgehead atoms. The first-order valence-corrected chi connectivity index (χ1v) is 8.13. The molecule has 3 rings (SSSR count). The van der Waals surface area contributed by atoms with Crippen molar-refractivity contribution in [3.05, 3.63) is 71.0 Å². The summed E-state index contributed by atoms with van der Waals surface area (Å²) in [7, 11) is 0. The number of nitrogens with zero attached hydrogens (tertiary/aromatic N) is 1. The summed E-state index contributed by atoms with van der Waals surface area (Å²) in [4.78, 5) is 15.1. The highest BCUT2D eigenvalue weighted by Crippen LogP contribution is 2.32. The first-order chi connectivity index (χ1) is 11.6. The number of carbonyl (C=O) groups is 1. The van der Waals surface area contributed by atoms with Crippen molar-refractivity contribution < 1.29 is 19.0 Å². The second-order valence-electron chi connectivity index (χ2n) is 5.09. The number of para-hydroxylation sites is 1. The summed E-state index contributed by atoms with van der Waals surface area (Å²) in [5.41, 5.74) is 1.74. The Bertz CT molecular complexity index is 863. The third-order valence-electron chi connectivity index (χ3n) is 3.34. The molecule has 0 amide bonds. The lowest BCUT2D eigenvalue weighted by molar-refractivity contribution is -0.136. The van der Waals surface area contributed by atoms with Crippen molar-refractivity contribution in [1.82, 2.24) is 4.98 Å². The molecule has 122 valence electrons. The van der Waals surface area contributed by atoms with Crippen LogP contribution in [0.4, 0.5) is 4.39 Å². The predicted molar refractivity (Wildman–Crippen MR) is 89.6 cm³/mol. The van der Waals surface area contributed by atoms with Crippen molar-refractivity contribution in [2.45, 2.75) is 13.0 Å². The number of hydrogen-bond donors (Lipinski definition) is 1. The van der Waals surface area contributed by atoms with Gasteiger partial charge in [0.15, 0.2) is 0 Å². The van der Waals surface area contributed by atoms with Gasteiger partial charge >= 0.3 is 5.97 Å². The Morgan fingerprint density at radius 3 is 2.71 bits per heavy atom. The highest BCUT2D eigenvalue weighted by Gasteiger charge is 2.12. The molecule has 24 heavy (non-hydrogen) atoms. The van der Waals surface area contributed by atoms with Gasteiger partial charge in [0.05, 0.1) is 17.7 Å². The van der Waals surface area contributed by atoms with E-state index in [1.54, 1.807) is 29.6 Å². The largest absolute Gasteiger partial charge is 0.488 e. The Balaban J connectivity index is 1.81. The van der Waals surface area contributed by atoms with Crippen LogP contribution in [0.25, 0.3) is 10.6 Å². The fourth-order valence-corrected chi connectivity index (χ4v) is 3.06. The average molecular weight is 343 g/mol. The van der Waals surface area contributed by atoms with Crippen LogP contribution in [0.2, 0.25) is 0 Å². The van der Waals surface area contributed by atoms with Gasteiger partial charge in [0.25, 0.3) is 0 Å². The van der Waals surface area contributed by atoms with E-state index < -0.39 is 5.97 Å². The zero-order chi connectivity index (χ0) is 16.9. The van der Waals surface area contributed by atoms with Crippen molar-refractivity contribution in [3.63, 3.8) is 0 Å². The van der Waals surface area contributed by atoms with Gasteiger partial charge in [0.2, 0.25) is 0 Å². The summed E-state index contributed by atoms with van der Waals surface area (Å²) in [6.07, 6.45) is -0.116. The summed E-state index contributed by atoms with van der Waals surface area (Å²) in [6, 6.07) is 13.8. The van der Waals surface area contributed by atoms with E-state index in [-0.39, 0.29) is 18.8 Å². The molecule has 0 fully saturated rings. The number of thiazole rings is 1. The summed E-state index contributed by atoms with van der Waals surface area (Å²) < 4.78 is 19.5. The summed E-state index contributed by atoms with van der Waals surface area (Å²) >= 11 is 1.36. The molecule has 0 aliphatic rings. The van der Waals surface area contributed by atoms with E-state index >= 15 is 0 Å². The van der Waals surface area contributed by atoms with E-state index in [2.05, 4.69) is 4.98 Å². The highest BCUT2D eigenvalue weighted by atomic mass is 32.1. The molecular formula is C18H14FNO3S. The lowest BCUT2D eigenvalue weighted by Crippen LogP contribution is -2.00. The van der Waals surface area contributed by atoms with E-state index in [0.29, 0.717) is 22.0 Å². The minimum atomic E-state index is -0.920. The van der Waals surface area contributed by atoms with Gasteiger partial charge in [-0.05, 0) is 18.2 Å². The lowest BCUT2D eigenvalue weighted by Gasteiger charge is -2.10. The first kappa shape index (κ1) is 16.1. The van der Waals surface area contributed by atoms with Gasteiger partial charge in [-0.2, -0.15) is 0 Å². The molecule has 1 heterocycles. The summed E-state index contributed by atoms with van der Waals surface area (Å²) in [5.74, 6) is -0.652. The van der Waals surface area contributed by atoms with Gasteiger partial charge < -0.3 is 9.84 Å². The molecule has 1 N–H and O–H groups in total. The monoisotopic (exact) mass is 343 g/mol. The van der Waals surface area contributed by atoms with E-state index in [9.17, 15) is 9.18 Å². The van der Waals surface area contributed by atoms with Crippen molar-refractivity contribution >= 4 is 17.3 Å². The molecule has 2 aromatic carbocycles. The molecule has 0 unspecified atom stereocenters. The minimum Gasteiger partial charge on any atom is -0.488 e. The van der Waals surface area contributed by atoms with Crippen LogP contribution < -0.4 is 4.74 Å². The Hall–Kier alpha value is -2.73. The molecule has 6 heteroatoms. The van der Waals surface area contributed by atoms with Crippen molar-refractivity contribution in [3.8, 4) is 16.3 Å². The Morgan fingerprint density at radius 2 is 1.92 bits per heavy atom. The highest BCUT2D eigenvalue weighted by molar-refractivity contribution is 7.13. The third kappa shape index (κ3) is 3.78. The molecule has 4 nitrogen and oxygen atoms in total. The van der Waals surface area contributed by atoms with Crippen molar-refractivity contribution in [2.75, 3.05) is 0 Å². The fourth-order valence-electron chi connectivity index (χ4n) is 2.21. The van der Waals surface area contributed by atoms with Gasteiger partial charge in [-0.1, -0.05) is 30.3 Å². The van der Waals surface area contributed by atoms with Crippen LogP contribution in [0.5, 0.6) is 5.75 Å². The molecular weight excluding hydrogens is 329 g/mol. The van der Waals surface area contributed by atoms with Crippen LogP contribution >= 0.6 is 11.3 Å². The van der Waals surface area contributed by atoms with E-state index in [4.69, 9.17) is 9.84 Å². The minimum absolute atomic E-state index is 0.108. The lowest BCUT2D eigenvalue weighted by atomic mass is 10.2. The van der Waals surface area contributed by atoms with Gasteiger partial charge in [0.1, 0.15) is 23.2 Å². The van der Waals surface area contributed by atoms with Crippen LogP contribution in [0, 0.1) is 5.82 Å². The molecule has 0 radical (unpaired) electrons. The molecule has 0 spiro atoms. The summed E-state index contributed by atoms with van der Waals surface area (Å²) in [5, 5.41) is 11.2. The van der Waals surface area contributed by atoms with E-state index in [1.807, 2.05) is 18.2 Å². The molecule has 1 aromatic heterocycles. The van der Waals surface area contributed by atoms with Crippen LogP contribution in [0.1, 0.15) is 11.3 Å². The van der Waals surface area contributed by atoms with Gasteiger partial charge in [-0.15, -0.1) is 11.3 Å². The standard InChI is InChI=1S/C18H14FNO3S/c19-15-7-3-1-5-12(15)10-23-16-8-4-2-6-14(16)18-20-13(11-24-18)9-17(21)22/h1-8,11H,9-10H2,(H,21,22). The number of hydrogen-bond acceptors (Lipinski definition) is 4. The van der Waals surface area contributed by atoms with Gasteiger partial charge in [-0.3, -0.25) is 4.79 Å². The van der Waals surface area contributed by atoms with Crippen LogP contribution in [-0.4, -0.2) is 16.1 Å². The zero-order valence-corrected chi connectivity index (χ0v) is 13.4. The molecule has 0 saturated carbocycles. The topological polar surface area (TPSA) is 59.4 Å². The number of carboxylic acids is 1. The maximum atomic E-state index is 13.7. The van der Waals surface area contributed by atoms with Crippen molar-refractivity contribution in [1.29, 1.82) is 0 Å². The van der Waals surface area contributed by atoms with Gasteiger partial charge in [0, 0.05) is 10.9 Å². The third-order valence-corrected chi connectivity index (χ3v) is 4.27. The molecule has 0 aliphatic carbocycles. The first-order valence-electron chi connectivity index (χ1n) is 7.25. The van der Waals surface area contributed by atoms with Gasteiger partial charge in [-0.25, -0.2) is 9.37 Å². The average Bonchev–Trinajstić information content (AvgIpc) is 3.02. The maximum Gasteiger partial charge on any atom is 0.309 e. The number of ether oxygens (including phenoxy) is 1. The molecule has 0 saturated heterocycles. The number of benzene rings is 2. The Kier molecular flexibility index (Phi) is 4.86. The van der Waals surface area contributed by atoms with Crippen LogP contribution in [0.15, 0.2) is 53.9 Å². The number of aliphatic carboxylic acids is 1. The Labute approximate surface area is 142 Å². The number of aromatic nitrogens is 1. The predicted octanol–water partition coefficient (Wildman–Crippen LogP) is 4.16. The Morgan fingerprint density at radius 1 is 1.17 bits per heavy atom. The number of rotatable bonds is 6. The van der Waals surface area contributed by atoms with E-state index in [0.717, 1.165) is 5.56 Å². The second kappa shape index (κ2) is 7.23. The molecule has 3 aromatic rings. The number of carboxylic acid groups (broad SMARTS) is 1. The molecule has 0 aliphatic heterocycles. The number of halogens is 1. The zero-order valence-electron chi connectivity index (χ0n) is 12.6. The second-order valence-corrected chi connectivity index (χ2v) is 5.95. The van der Waals surface area contributed by atoms with E-state index in [1.165, 1.54) is 17.4 Å². The van der Waals surface area contributed by atoms with Crippen LogP contribution in [-0.2, 0) is 17.8 Å². The van der Waals surface area contributed by atoms with Crippen molar-refractivity contribution in [2.24, 2.45) is 0 Å². The van der Waals surface area contributed by atoms with Crippen LogP contribution in [0.3, 0.4) is 0 Å². The normalized spacial score (nSPS) is 10.5. The quantitative estimate of drug-likeness (QED) is 0.730. The SMILES string of the molecule is O=C(O)Cc1csc(-c2ccccc2OCc2ccccc2F)n1. The molecule has 0 atom stereocenters. The summed E-state index contributed by atoms with van der Waals surface area (Å²) in [6.45, 7) is 0.108. The smallest absolute Gasteiger partial charge is 0.309 e.